The molecule has 7 nitrogen and oxygen atoms in total. The number of ether oxygens (including phenoxy) is 1. The fraction of sp³-hybridized carbons (Fsp3) is 0.167. The molecule has 8 rings (SSSR count). The van der Waals surface area contributed by atoms with Gasteiger partial charge < -0.3 is 10.1 Å². The van der Waals surface area contributed by atoms with E-state index in [0.29, 0.717) is 22.0 Å². The van der Waals surface area contributed by atoms with Crippen LogP contribution in [0.4, 0.5) is 10.3 Å². The van der Waals surface area contributed by atoms with Crippen molar-refractivity contribution >= 4 is 49.1 Å². The number of hydrogen-bond donors (Lipinski definition) is 2. The van der Waals surface area contributed by atoms with Gasteiger partial charge in [-0.25, -0.2) is 9.97 Å². The molecule has 51 heavy (non-hydrogen) atoms. The molecule has 254 valence electrons. The van der Waals surface area contributed by atoms with Crippen LogP contribution in [0.25, 0.3) is 21.5 Å². The summed E-state index contributed by atoms with van der Waals surface area (Å²) in [6.07, 6.45) is 2.51. The highest BCUT2D eigenvalue weighted by atomic mass is 32.1. The molecule has 0 atom stereocenters. The number of rotatable bonds is 11. The molecule has 0 bridgehead atoms. The van der Waals surface area contributed by atoms with Crippen LogP contribution in [0, 0.1) is 0 Å². The highest BCUT2D eigenvalue weighted by Gasteiger charge is 2.37. The molecular formula is C42H37N5O2S2. The number of fused-ring (bicyclic) bond motifs is 1. The van der Waals surface area contributed by atoms with Crippen molar-refractivity contribution in [3.8, 4) is 17.0 Å². The summed E-state index contributed by atoms with van der Waals surface area (Å²) in [4.78, 5) is 25.8. The molecule has 2 N–H and O–H groups in total. The summed E-state index contributed by atoms with van der Waals surface area (Å²) < 4.78 is 6.60. The zero-order valence-corrected chi connectivity index (χ0v) is 29.8. The van der Waals surface area contributed by atoms with Gasteiger partial charge in [0.1, 0.15) is 16.8 Å². The summed E-state index contributed by atoms with van der Waals surface area (Å²) in [7, 11) is 1.64. The minimum atomic E-state index is -0.692. The molecular weight excluding hydrogens is 671 g/mol. The van der Waals surface area contributed by atoms with Crippen molar-refractivity contribution in [1.29, 1.82) is 0 Å². The van der Waals surface area contributed by atoms with Gasteiger partial charge in [-0.1, -0.05) is 114 Å². The minimum Gasteiger partial charge on any atom is -0.494 e. The molecule has 3 heterocycles. The summed E-state index contributed by atoms with van der Waals surface area (Å²) in [5.74, 6) is 0.447. The van der Waals surface area contributed by atoms with Gasteiger partial charge in [0.25, 0.3) is 5.91 Å². The van der Waals surface area contributed by atoms with Gasteiger partial charge in [0, 0.05) is 23.1 Å². The molecule has 5 aromatic carbocycles. The lowest BCUT2D eigenvalue weighted by molar-refractivity contribution is 0.102. The summed E-state index contributed by atoms with van der Waals surface area (Å²) in [6, 6.07) is 43.3. The number of aromatic nitrogens is 2. The van der Waals surface area contributed by atoms with Crippen LogP contribution in [0.5, 0.6) is 5.75 Å². The van der Waals surface area contributed by atoms with E-state index in [9.17, 15) is 4.79 Å². The Morgan fingerprint density at radius 2 is 1.37 bits per heavy atom. The summed E-state index contributed by atoms with van der Waals surface area (Å²) in [6.45, 7) is 3.20. The zero-order valence-electron chi connectivity index (χ0n) is 28.2. The molecule has 1 fully saturated rings. The van der Waals surface area contributed by atoms with E-state index in [1.54, 1.807) is 18.4 Å². The first-order valence-electron chi connectivity index (χ1n) is 17.1. The van der Waals surface area contributed by atoms with E-state index < -0.39 is 5.54 Å². The van der Waals surface area contributed by atoms with E-state index in [1.807, 2.05) is 54.6 Å². The first-order chi connectivity index (χ1) is 25.1. The number of carbonyl (C=O) groups is 1. The van der Waals surface area contributed by atoms with E-state index in [1.165, 1.54) is 29.7 Å². The summed E-state index contributed by atoms with van der Waals surface area (Å²) in [5.41, 5.74) is 6.86. The molecule has 0 saturated carbocycles. The van der Waals surface area contributed by atoms with E-state index in [-0.39, 0.29) is 5.91 Å². The third kappa shape index (κ3) is 6.63. The smallest absolute Gasteiger partial charge is 0.257 e. The van der Waals surface area contributed by atoms with Gasteiger partial charge in [-0.05, 0) is 72.5 Å². The molecule has 0 spiro atoms. The molecule has 7 aromatic rings. The minimum absolute atomic E-state index is 0.193. The summed E-state index contributed by atoms with van der Waals surface area (Å²) in [5, 5.41) is 10.3. The monoisotopic (exact) mass is 707 g/mol. The van der Waals surface area contributed by atoms with Crippen LogP contribution in [0.1, 0.15) is 45.5 Å². The van der Waals surface area contributed by atoms with Crippen LogP contribution in [-0.4, -0.2) is 41.0 Å². The van der Waals surface area contributed by atoms with Crippen molar-refractivity contribution in [3.63, 3.8) is 0 Å². The van der Waals surface area contributed by atoms with Crippen LogP contribution in [-0.2, 0) is 12.1 Å². The van der Waals surface area contributed by atoms with Crippen molar-refractivity contribution in [2.75, 3.05) is 30.8 Å². The SMILES string of the molecule is COc1ccc(-c2csc(NC(c3ccccc3)(c3ccccc3)c3ccccc3)n2)c2sc(NC(=O)c3ccc(CN4CCCC4)cc3)nc12. The van der Waals surface area contributed by atoms with Gasteiger partial charge in [0.15, 0.2) is 10.3 Å². The Kier molecular flexibility index (Phi) is 9.32. The topological polar surface area (TPSA) is 79.4 Å². The number of hydrogen-bond acceptors (Lipinski definition) is 8. The molecule has 1 saturated heterocycles. The van der Waals surface area contributed by atoms with Crippen LogP contribution >= 0.6 is 22.7 Å². The van der Waals surface area contributed by atoms with E-state index in [0.717, 1.165) is 57.4 Å². The third-order valence-corrected chi connectivity index (χ3v) is 11.2. The van der Waals surface area contributed by atoms with Crippen molar-refractivity contribution in [3.05, 3.63) is 161 Å². The number of amides is 1. The van der Waals surface area contributed by atoms with Crippen LogP contribution in [0.15, 0.2) is 133 Å². The molecule has 2 aromatic heterocycles. The second-order valence-corrected chi connectivity index (χ2v) is 14.5. The fourth-order valence-electron chi connectivity index (χ4n) is 6.93. The maximum Gasteiger partial charge on any atom is 0.257 e. The molecule has 1 amide bonds. The average molecular weight is 708 g/mol. The Morgan fingerprint density at radius 3 is 1.96 bits per heavy atom. The Bertz CT molecular complexity index is 2150. The summed E-state index contributed by atoms with van der Waals surface area (Å²) >= 11 is 2.98. The van der Waals surface area contributed by atoms with Gasteiger partial charge in [-0.15, -0.1) is 11.3 Å². The molecule has 9 heteroatoms. The van der Waals surface area contributed by atoms with Gasteiger partial charge >= 0.3 is 0 Å². The van der Waals surface area contributed by atoms with Crippen molar-refractivity contribution < 1.29 is 9.53 Å². The number of anilines is 2. The predicted octanol–water partition coefficient (Wildman–Crippen LogP) is 9.68. The fourth-order valence-corrected chi connectivity index (χ4v) is 8.69. The van der Waals surface area contributed by atoms with Gasteiger partial charge in [-0.2, -0.15) is 0 Å². The highest BCUT2D eigenvalue weighted by Crippen LogP contribution is 2.43. The van der Waals surface area contributed by atoms with Crippen LogP contribution < -0.4 is 15.4 Å². The number of likely N-dealkylation sites (tertiary alicyclic amines) is 1. The van der Waals surface area contributed by atoms with Crippen molar-refractivity contribution in [1.82, 2.24) is 14.9 Å². The highest BCUT2D eigenvalue weighted by molar-refractivity contribution is 7.23. The number of nitrogens with zero attached hydrogens (tertiary/aromatic N) is 3. The molecule has 0 aliphatic carbocycles. The largest absolute Gasteiger partial charge is 0.494 e. The third-order valence-electron chi connectivity index (χ3n) is 9.46. The maximum atomic E-state index is 13.3. The van der Waals surface area contributed by atoms with E-state index in [2.05, 4.69) is 93.7 Å². The Labute approximate surface area is 305 Å². The molecule has 1 aliphatic heterocycles. The molecule has 0 unspecified atom stereocenters. The molecule has 1 aliphatic rings. The predicted molar refractivity (Wildman–Crippen MR) is 209 cm³/mol. The zero-order chi connectivity index (χ0) is 34.6. The normalized spacial score (nSPS) is 13.4. The van der Waals surface area contributed by atoms with Crippen molar-refractivity contribution in [2.45, 2.75) is 24.9 Å². The number of carbonyl (C=O) groups excluding carboxylic acids is 1. The first kappa shape index (κ1) is 32.8. The van der Waals surface area contributed by atoms with Crippen LogP contribution in [0.3, 0.4) is 0 Å². The van der Waals surface area contributed by atoms with Gasteiger partial charge in [-0.3, -0.25) is 15.0 Å². The van der Waals surface area contributed by atoms with Crippen LogP contribution in [0.2, 0.25) is 0 Å². The maximum absolute atomic E-state index is 13.3. The second kappa shape index (κ2) is 14.5. The molecule has 0 radical (unpaired) electrons. The average Bonchev–Trinajstić information content (AvgIpc) is 3.97. The lowest BCUT2D eigenvalue weighted by atomic mass is 9.77. The Hall–Kier alpha value is -5.35. The number of methoxy groups -OCH3 is 1. The lowest BCUT2D eigenvalue weighted by Crippen LogP contribution is -2.38. The first-order valence-corrected chi connectivity index (χ1v) is 18.8. The van der Waals surface area contributed by atoms with Gasteiger partial charge in [0.05, 0.1) is 17.5 Å². The standard InChI is InChI=1S/C42H37N5O2S2/c1-49-36-24-23-34(38-37(36)44-40(51-38)45-39(48)30-21-19-29(20-22-30)27-47-25-11-12-26-47)35-28-50-41(43-35)46-42(31-13-5-2-6-14-31,32-15-7-3-8-16-32)33-17-9-4-10-18-33/h2-10,13-24,28H,11-12,25-27H2,1H3,(H,43,46)(H,44,45,48). The van der Waals surface area contributed by atoms with Crippen molar-refractivity contribution in [2.24, 2.45) is 0 Å². The number of thiazole rings is 2. The van der Waals surface area contributed by atoms with E-state index >= 15 is 0 Å². The Morgan fingerprint density at radius 1 is 0.765 bits per heavy atom. The quantitative estimate of drug-likeness (QED) is 0.130. The second-order valence-electron chi connectivity index (χ2n) is 12.7. The number of nitrogens with one attached hydrogen (secondary N) is 2. The Balaban J connectivity index is 1.11. The van der Waals surface area contributed by atoms with Gasteiger partial charge in [0.2, 0.25) is 0 Å². The van der Waals surface area contributed by atoms with E-state index in [4.69, 9.17) is 14.7 Å². The lowest BCUT2D eigenvalue weighted by Gasteiger charge is -2.36. The number of benzene rings is 5.